The molecule has 1 N–H and O–H groups in total. The van der Waals surface area contributed by atoms with Crippen molar-refractivity contribution in [1.82, 2.24) is 0 Å². The number of carboxylic acid groups (broad SMARTS) is 1. The van der Waals surface area contributed by atoms with Gasteiger partial charge in [0.25, 0.3) is 5.91 Å². The SMILES string of the molecule is C/C(=C/C(=O)[O-])C(=O)Nc1ccccc1F. The van der Waals surface area contributed by atoms with E-state index in [2.05, 4.69) is 5.32 Å². The molecule has 16 heavy (non-hydrogen) atoms. The quantitative estimate of drug-likeness (QED) is 0.755. The van der Waals surface area contributed by atoms with Gasteiger partial charge in [0, 0.05) is 5.57 Å². The number of carbonyl (C=O) groups excluding carboxylic acids is 2. The number of benzene rings is 1. The second-order valence-electron chi connectivity index (χ2n) is 3.08. The third kappa shape index (κ3) is 3.20. The number of hydrogen-bond donors (Lipinski definition) is 1. The molecule has 1 amide bonds. The number of amides is 1. The normalized spacial score (nSPS) is 11.0. The van der Waals surface area contributed by atoms with Crippen molar-refractivity contribution in [3.63, 3.8) is 0 Å². The lowest BCUT2D eigenvalue weighted by Crippen LogP contribution is -2.22. The molecule has 0 spiro atoms. The maximum Gasteiger partial charge on any atom is 0.251 e. The minimum absolute atomic E-state index is 0.00130. The molecule has 0 aromatic heterocycles. The van der Waals surface area contributed by atoms with E-state index in [4.69, 9.17) is 0 Å². The highest BCUT2D eigenvalue weighted by molar-refractivity contribution is 6.06. The summed E-state index contributed by atoms with van der Waals surface area (Å²) in [5.74, 6) is -2.74. The first-order valence-corrected chi connectivity index (χ1v) is 4.46. The highest BCUT2D eigenvalue weighted by Gasteiger charge is 2.07. The Balaban J connectivity index is 2.80. The van der Waals surface area contributed by atoms with Crippen LogP contribution in [-0.2, 0) is 9.59 Å². The Kier molecular flexibility index (Phi) is 3.77. The van der Waals surface area contributed by atoms with Gasteiger partial charge in [-0.05, 0) is 25.1 Å². The lowest BCUT2D eigenvalue weighted by Gasteiger charge is -2.06. The fourth-order valence-electron chi connectivity index (χ4n) is 1.03. The standard InChI is InChI=1S/C11H10FNO3/c1-7(6-10(14)15)11(16)13-9-5-3-2-4-8(9)12/h2-6H,1H3,(H,13,16)(H,14,15)/p-1/b7-6-. The molecule has 1 aromatic rings. The van der Waals surface area contributed by atoms with Crippen LogP contribution in [-0.4, -0.2) is 11.9 Å². The van der Waals surface area contributed by atoms with Crippen molar-refractivity contribution in [3.8, 4) is 0 Å². The minimum Gasteiger partial charge on any atom is -0.545 e. The van der Waals surface area contributed by atoms with Crippen molar-refractivity contribution in [2.24, 2.45) is 0 Å². The van der Waals surface area contributed by atoms with E-state index < -0.39 is 17.7 Å². The molecule has 5 heteroatoms. The van der Waals surface area contributed by atoms with Gasteiger partial charge >= 0.3 is 0 Å². The zero-order chi connectivity index (χ0) is 12.1. The summed E-state index contributed by atoms with van der Waals surface area (Å²) in [7, 11) is 0. The Morgan fingerprint density at radius 2 is 2.00 bits per heavy atom. The Morgan fingerprint density at radius 3 is 2.56 bits per heavy atom. The van der Waals surface area contributed by atoms with Gasteiger partial charge in [-0.25, -0.2) is 4.39 Å². The molecule has 0 aliphatic rings. The summed E-state index contributed by atoms with van der Waals surface area (Å²) in [5.41, 5.74) is -0.0677. The van der Waals surface area contributed by atoms with Crippen LogP contribution in [0.1, 0.15) is 6.92 Å². The summed E-state index contributed by atoms with van der Waals surface area (Å²) in [6.45, 7) is 1.30. The lowest BCUT2D eigenvalue weighted by molar-refractivity contribution is -0.297. The molecule has 0 saturated carbocycles. The van der Waals surface area contributed by atoms with Crippen molar-refractivity contribution >= 4 is 17.6 Å². The van der Waals surface area contributed by atoms with Crippen molar-refractivity contribution in [3.05, 3.63) is 41.7 Å². The number of anilines is 1. The van der Waals surface area contributed by atoms with Gasteiger partial charge in [-0.3, -0.25) is 4.79 Å². The van der Waals surface area contributed by atoms with Crippen LogP contribution in [0.5, 0.6) is 0 Å². The number of aliphatic carboxylic acids is 1. The Morgan fingerprint density at radius 1 is 1.38 bits per heavy atom. The predicted octanol–water partition coefficient (Wildman–Crippen LogP) is 0.460. The van der Waals surface area contributed by atoms with E-state index in [1.54, 1.807) is 6.07 Å². The number of nitrogens with one attached hydrogen (secondary N) is 1. The van der Waals surface area contributed by atoms with E-state index in [0.717, 1.165) is 0 Å². The van der Waals surface area contributed by atoms with Crippen molar-refractivity contribution < 1.29 is 19.1 Å². The summed E-state index contributed by atoms with van der Waals surface area (Å²) < 4.78 is 13.1. The van der Waals surface area contributed by atoms with Gasteiger partial charge in [0.05, 0.1) is 11.7 Å². The van der Waals surface area contributed by atoms with E-state index in [0.29, 0.717) is 6.08 Å². The van der Waals surface area contributed by atoms with E-state index in [-0.39, 0.29) is 11.3 Å². The molecule has 0 saturated heterocycles. The Labute approximate surface area is 91.4 Å². The fourth-order valence-corrected chi connectivity index (χ4v) is 1.03. The van der Waals surface area contributed by atoms with Crippen LogP contribution in [0.15, 0.2) is 35.9 Å². The molecular weight excluding hydrogens is 213 g/mol. The lowest BCUT2D eigenvalue weighted by atomic mass is 10.2. The second kappa shape index (κ2) is 5.06. The molecule has 0 bridgehead atoms. The first kappa shape index (κ1) is 11.9. The number of rotatable bonds is 3. The highest BCUT2D eigenvalue weighted by Crippen LogP contribution is 2.13. The first-order valence-electron chi connectivity index (χ1n) is 4.46. The van der Waals surface area contributed by atoms with Crippen LogP contribution in [0.2, 0.25) is 0 Å². The molecule has 1 rings (SSSR count). The Bertz CT molecular complexity index is 454. The third-order valence-corrected chi connectivity index (χ3v) is 1.81. The molecule has 84 valence electrons. The number of hydrogen-bond acceptors (Lipinski definition) is 3. The highest BCUT2D eigenvalue weighted by atomic mass is 19.1. The largest absolute Gasteiger partial charge is 0.545 e. The summed E-state index contributed by atoms with van der Waals surface area (Å²) in [6.07, 6.45) is 0.649. The number of para-hydroxylation sites is 1. The van der Waals surface area contributed by atoms with Crippen LogP contribution >= 0.6 is 0 Å². The summed E-state index contributed by atoms with van der Waals surface area (Å²) in [6, 6.07) is 5.60. The molecular formula is C11H9FNO3-. The topological polar surface area (TPSA) is 69.2 Å². The van der Waals surface area contributed by atoms with Gasteiger partial charge in [0.15, 0.2) is 0 Å². The zero-order valence-electron chi connectivity index (χ0n) is 8.49. The predicted molar refractivity (Wildman–Crippen MR) is 53.8 cm³/mol. The van der Waals surface area contributed by atoms with Crippen LogP contribution in [0.3, 0.4) is 0 Å². The monoisotopic (exact) mass is 222 g/mol. The smallest absolute Gasteiger partial charge is 0.251 e. The second-order valence-corrected chi connectivity index (χ2v) is 3.08. The van der Waals surface area contributed by atoms with Crippen LogP contribution in [0, 0.1) is 5.82 Å². The number of carboxylic acids is 1. The molecule has 1 aromatic carbocycles. The van der Waals surface area contributed by atoms with E-state index >= 15 is 0 Å². The summed E-state index contributed by atoms with van der Waals surface area (Å²) in [4.78, 5) is 21.6. The van der Waals surface area contributed by atoms with E-state index in [1.165, 1.54) is 25.1 Å². The van der Waals surface area contributed by atoms with Gasteiger partial charge in [-0.1, -0.05) is 12.1 Å². The molecule has 0 unspecified atom stereocenters. The van der Waals surface area contributed by atoms with Gasteiger partial charge in [-0.2, -0.15) is 0 Å². The summed E-state index contributed by atoms with van der Waals surface area (Å²) in [5, 5.41) is 12.4. The molecule has 0 atom stereocenters. The van der Waals surface area contributed by atoms with Crippen LogP contribution in [0.25, 0.3) is 0 Å². The minimum atomic E-state index is -1.47. The van der Waals surface area contributed by atoms with Crippen molar-refractivity contribution in [2.45, 2.75) is 6.92 Å². The molecule has 4 nitrogen and oxygen atoms in total. The van der Waals surface area contributed by atoms with Crippen LogP contribution in [0.4, 0.5) is 10.1 Å². The fraction of sp³-hybridized carbons (Fsp3) is 0.0909. The van der Waals surface area contributed by atoms with Gasteiger partial charge in [0.1, 0.15) is 5.82 Å². The molecule has 0 aliphatic heterocycles. The van der Waals surface area contributed by atoms with E-state index in [9.17, 15) is 19.1 Å². The molecule has 0 radical (unpaired) electrons. The number of carbonyl (C=O) groups is 2. The zero-order valence-corrected chi connectivity index (χ0v) is 8.49. The van der Waals surface area contributed by atoms with Gasteiger partial charge in [0.2, 0.25) is 0 Å². The number of halogens is 1. The molecule has 0 aliphatic carbocycles. The first-order chi connectivity index (χ1) is 7.50. The van der Waals surface area contributed by atoms with Gasteiger partial charge in [-0.15, -0.1) is 0 Å². The summed E-state index contributed by atoms with van der Waals surface area (Å²) >= 11 is 0. The van der Waals surface area contributed by atoms with Crippen molar-refractivity contribution in [2.75, 3.05) is 5.32 Å². The van der Waals surface area contributed by atoms with Crippen LogP contribution < -0.4 is 10.4 Å². The van der Waals surface area contributed by atoms with Crippen molar-refractivity contribution in [1.29, 1.82) is 0 Å². The molecule has 0 fully saturated rings. The average Bonchev–Trinajstić information content (AvgIpc) is 2.20. The maximum absolute atomic E-state index is 13.1. The Hall–Kier alpha value is -2.17. The van der Waals surface area contributed by atoms with Gasteiger partial charge < -0.3 is 15.2 Å². The van der Waals surface area contributed by atoms with E-state index in [1.807, 2.05) is 0 Å². The third-order valence-electron chi connectivity index (χ3n) is 1.81. The molecule has 0 heterocycles. The maximum atomic E-state index is 13.1. The average molecular weight is 222 g/mol.